The van der Waals surface area contributed by atoms with Crippen molar-refractivity contribution in [1.29, 1.82) is 0 Å². The molecule has 0 saturated heterocycles. The van der Waals surface area contributed by atoms with E-state index in [4.69, 9.17) is 14.1 Å². The quantitative estimate of drug-likeness (QED) is 0.714. The Kier molecular flexibility index (Phi) is 4.47. The zero-order valence-electron chi connectivity index (χ0n) is 15.5. The number of benzene rings is 1. The van der Waals surface area contributed by atoms with E-state index in [1.807, 2.05) is 18.3 Å². The number of hydrogen-bond acceptors (Lipinski definition) is 5. The van der Waals surface area contributed by atoms with E-state index in [1.54, 1.807) is 13.4 Å². The van der Waals surface area contributed by atoms with E-state index in [2.05, 4.69) is 35.9 Å². The highest BCUT2D eigenvalue weighted by Gasteiger charge is 2.20. The lowest BCUT2D eigenvalue weighted by atomic mass is 10.0. The highest BCUT2D eigenvalue weighted by Crippen LogP contribution is 2.27. The molecule has 0 fully saturated rings. The number of furan rings is 1. The summed E-state index contributed by atoms with van der Waals surface area (Å²) in [6.07, 6.45) is 4.53. The third kappa shape index (κ3) is 3.10. The van der Waals surface area contributed by atoms with Gasteiger partial charge in [0, 0.05) is 37.8 Å². The van der Waals surface area contributed by atoms with Gasteiger partial charge in [0.1, 0.15) is 5.75 Å². The molecule has 0 N–H and O–H groups in total. The van der Waals surface area contributed by atoms with E-state index in [0.29, 0.717) is 5.82 Å². The van der Waals surface area contributed by atoms with Gasteiger partial charge >= 0.3 is 0 Å². The van der Waals surface area contributed by atoms with E-state index in [1.165, 1.54) is 22.3 Å². The molecule has 0 radical (unpaired) electrons. The monoisotopic (exact) mass is 349 g/mol. The molecule has 0 bridgehead atoms. The fourth-order valence-corrected chi connectivity index (χ4v) is 3.52. The molecule has 134 valence electrons. The maximum Gasteiger partial charge on any atom is 0.195 e. The van der Waals surface area contributed by atoms with Gasteiger partial charge in [-0.15, -0.1) is 0 Å². The van der Waals surface area contributed by atoms with Crippen LogP contribution in [0.5, 0.6) is 5.75 Å². The molecule has 0 saturated carbocycles. The van der Waals surface area contributed by atoms with Crippen LogP contribution in [0.2, 0.25) is 0 Å². The van der Waals surface area contributed by atoms with E-state index in [9.17, 15) is 0 Å². The van der Waals surface area contributed by atoms with Crippen LogP contribution in [-0.2, 0) is 19.5 Å². The Balaban J connectivity index is 1.52. The van der Waals surface area contributed by atoms with Crippen LogP contribution >= 0.6 is 0 Å². The van der Waals surface area contributed by atoms with Crippen LogP contribution in [-0.4, -0.2) is 28.5 Å². The molecule has 0 amide bonds. The Hall–Kier alpha value is -2.66. The Bertz CT molecular complexity index is 919. The summed E-state index contributed by atoms with van der Waals surface area (Å²) < 4.78 is 10.8. The first-order valence-electron chi connectivity index (χ1n) is 8.90. The normalized spacial score (nSPS) is 14.3. The molecule has 0 unspecified atom stereocenters. The minimum absolute atomic E-state index is 0.670. The summed E-state index contributed by atoms with van der Waals surface area (Å²) in [6.45, 7) is 7.08. The number of aromatic nitrogens is 2. The second kappa shape index (κ2) is 6.92. The lowest BCUT2D eigenvalue weighted by Crippen LogP contribution is -2.31. The van der Waals surface area contributed by atoms with Gasteiger partial charge in [-0.05, 0) is 48.7 Å². The minimum atomic E-state index is 0.670. The molecule has 1 aromatic carbocycles. The van der Waals surface area contributed by atoms with Gasteiger partial charge in [0.05, 0.1) is 19.1 Å². The molecular formula is C21H23N3O2. The summed E-state index contributed by atoms with van der Waals surface area (Å²) in [7, 11) is 1.72. The van der Waals surface area contributed by atoms with Crippen molar-refractivity contribution in [3.05, 3.63) is 64.7 Å². The number of hydrogen-bond donors (Lipinski definition) is 0. The number of rotatable bonds is 4. The Morgan fingerprint density at radius 2 is 2.08 bits per heavy atom. The van der Waals surface area contributed by atoms with Crippen molar-refractivity contribution in [2.24, 2.45) is 0 Å². The summed E-state index contributed by atoms with van der Waals surface area (Å²) in [4.78, 5) is 11.6. The third-order valence-corrected chi connectivity index (χ3v) is 5.22. The Labute approximate surface area is 153 Å². The number of fused-ring (bicyclic) bond motifs is 1. The first-order chi connectivity index (χ1) is 12.7. The average Bonchev–Trinajstić information content (AvgIpc) is 3.20. The van der Waals surface area contributed by atoms with Gasteiger partial charge in [-0.3, -0.25) is 4.90 Å². The number of methoxy groups -OCH3 is 1. The maximum absolute atomic E-state index is 5.42. The zero-order chi connectivity index (χ0) is 18.1. The largest absolute Gasteiger partial charge is 0.496 e. The molecule has 0 spiro atoms. The zero-order valence-corrected chi connectivity index (χ0v) is 15.5. The van der Waals surface area contributed by atoms with Gasteiger partial charge < -0.3 is 9.15 Å². The molecule has 4 rings (SSSR count). The minimum Gasteiger partial charge on any atom is -0.496 e. The van der Waals surface area contributed by atoms with Gasteiger partial charge in [-0.25, -0.2) is 9.97 Å². The second-order valence-corrected chi connectivity index (χ2v) is 6.78. The van der Waals surface area contributed by atoms with Gasteiger partial charge in [0.25, 0.3) is 0 Å². The molecule has 0 atom stereocenters. The van der Waals surface area contributed by atoms with Crippen LogP contribution in [0.1, 0.15) is 27.9 Å². The molecule has 5 nitrogen and oxygen atoms in total. The van der Waals surface area contributed by atoms with Crippen molar-refractivity contribution >= 4 is 0 Å². The molecule has 5 heteroatoms. The van der Waals surface area contributed by atoms with Crippen molar-refractivity contribution in [2.75, 3.05) is 13.7 Å². The van der Waals surface area contributed by atoms with Crippen LogP contribution in [0.4, 0.5) is 0 Å². The topological polar surface area (TPSA) is 51.4 Å². The molecule has 2 aromatic heterocycles. The van der Waals surface area contributed by atoms with Crippen LogP contribution < -0.4 is 4.74 Å². The second-order valence-electron chi connectivity index (χ2n) is 6.78. The third-order valence-electron chi connectivity index (χ3n) is 5.22. The SMILES string of the molecule is COc1ccc(CN2CCc3nc(-c4ccco4)ncc3C2)c(C)c1C. The molecule has 1 aliphatic heterocycles. The molecule has 26 heavy (non-hydrogen) atoms. The van der Waals surface area contributed by atoms with E-state index < -0.39 is 0 Å². The standard InChI is InChI=1S/C21H23N3O2/c1-14-15(2)19(25-3)7-6-16(14)12-24-9-8-18-17(13-24)11-22-21(23-18)20-5-4-10-26-20/h4-7,10-11H,8-9,12-13H2,1-3H3. The van der Waals surface area contributed by atoms with Crippen molar-refractivity contribution in [2.45, 2.75) is 33.4 Å². The van der Waals surface area contributed by atoms with Crippen molar-refractivity contribution in [3.8, 4) is 17.3 Å². The Morgan fingerprint density at radius 3 is 2.85 bits per heavy atom. The van der Waals surface area contributed by atoms with Crippen LogP contribution in [0.3, 0.4) is 0 Å². The predicted octanol–water partition coefficient (Wildman–Crippen LogP) is 3.92. The van der Waals surface area contributed by atoms with Gasteiger partial charge in [0.2, 0.25) is 0 Å². The average molecular weight is 349 g/mol. The summed E-state index contributed by atoms with van der Waals surface area (Å²) in [5.41, 5.74) is 6.20. The molecule has 0 aliphatic carbocycles. The van der Waals surface area contributed by atoms with E-state index in [-0.39, 0.29) is 0 Å². The van der Waals surface area contributed by atoms with Crippen molar-refractivity contribution in [3.63, 3.8) is 0 Å². The highest BCUT2D eigenvalue weighted by atomic mass is 16.5. The molecule has 1 aliphatic rings. The number of nitrogens with zero attached hydrogens (tertiary/aromatic N) is 3. The summed E-state index contributed by atoms with van der Waals surface area (Å²) in [6, 6.07) is 7.99. The molecule has 3 heterocycles. The van der Waals surface area contributed by atoms with Crippen LogP contribution in [0, 0.1) is 13.8 Å². The number of ether oxygens (including phenoxy) is 1. The van der Waals surface area contributed by atoms with Crippen molar-refractivity contribution in [1.82, 2.24) is 14.9 Å². The fraction of sp³-hybridized carbons (Fsp3) is 0.333. The van der Waals surface area contributed by atoms with Crippen LogP contribution in [0.15, 0.2) is 41.1 Å². The smallest absolute Gasteiger partial charge is 0.195 e. The fourth-order valence-electron chi connectivity index (χ4n) is 3.52. The van der Waals surface area contributed by atoms with Gasteiger partial charge in [-0.1, -0.05) is 6.07 Å². The Morgan fingerprint density at radius 1 is 1.19 bits per heavy atom. The van der Waals surface area contributed by atoms with Gasteiger partial charge in [-0.2, -0.15) is 0 Å². The lowest BCUT2D eigenvalue weighted by molar-refractivity contribution is 0.242. The highest BCUT2D eigenvalue weighted by molar-refractivity contribution is 5.47. The lowest BCUT2D eigenvalue weighted by Gasteiger charge is -2.29. The molecular weight excluding hydrogens is 326 g/mol. The van der Waals surface area contributed by atoms with E-state index in [0.717, 1.165) is 43.3 Å². The first-order valence-corrected chi connectivity index (χ1v) is 8.90. The molecule has 3 aromatic rings. The summed E-state index contributed by atoms with van der Waals surface area (Å²) >= 11 is 0. The predicted molar refractivity (Wildman–Crippen MR) is 100 cm³/mol. The van der Waals surface area contributed by atoms with Gasteiger partial charge in [0.15, 0.2) is 11.6 Å². The van der Waals surface area contributed by atoms with Crippen molar-refractivity contribution < 1.29 is 9.15 Å². The maximum atomic E-state index is 5.42. The van der Waals surface area contributed by atoms with Crippen LogP contribution in [0.25, 0.3) is 11.6 Å². The first kappa shape index (κ1) is 16.8. The summed E-state index contributed by atoms with van der Waals surface area (Å²) in [5, 5.41) is 0. The van der Waals surface area contributed by atoms with E-state index >= 15 is 0 Å². The summed E-state index contributed by atoms with van der Waals surface area (Å²) in [5.74, 6) is 2.34.